The molecular formula is C28H33F5N2O3. The van der Waals surface area contributed by atoms with Crippen molar-refractivity contribution in [2.45, 2.75) is 63.7 Å². The van der Waals surface area contributed by atoms with Gasteiger partial charge in [-0.1, -0.05) is 18.2 Å². The molecule has 0 aliphatic heterocycles. The summed E-state index contributed by atoms with van der Waals surface area (Å²) < 4.78 is 77.4. The summed E-state index contributed by atoms with van der Waals surface area (Å²) in [6, 6.07) is 11.1. The van der Waals surface area contributed by atoms with Crippen molar-refractivity contribution in [3.8, 4) is 5.75 Å². The number of aryl methyl sites for hydroxylation is 1. The molecule has 0 bridgehead atoms. The van der Waals surface area contributed by atoms with Crippen LogP contribution in [0.1, 0.15) is 56.1 Å². The van der Waals surface area contributed by atoms with Crippen molar-refractivity contribution in [3.63, 3.8) is 0 Å². The van der Waals surface area contributed by atoms with Crippen molar-refractivity contribution >= 4 is 23.4 Å². The topological polar surface area (TPSA) is 87.6 Å². The van der Waals surface area contributed by atoms with Gasteiger partial charge in [0.1, 0.15) is 5.75 Å². The highest BCUT2D eigenvalue weighted by Gasteiger charge is 2.48. The van der Waals surface area contributed by atoms with Gasteiger partial charge in [0, 0.05) is 17.5 Å². The van der Waals surface area contributed by atoms with E-state index < -0.39 is 30.1 Å². The van der Waals surface area contributed by atoms with Gasteiger partial charge in [0.15, 0.2) is 0 Å². The van der Waals surface area contributed by atoms with Gasteiger partial charge in [-0.25, -0.2) is 4.79 Å². The van der Waals surface area contributed by atoms with Crippen molar-refractivity contribution in [1.29, 1.82) is 0 Å². The lowest BCUT2D eigenvalue weighted by molar-refractivity contribution is -0.237. The summed E-state index contributed by atoms with van der Waals surface area (Å²) >= 11 is 0. The van der Waals surface area contributed by atoms with E-state index in [9.17, 15) is 26.7 Å². The zero-order chi connectivity index (χ0) is 27.8. The van der Waals surface area contributed by atoms with Crippen molar-refractivity contribution in [3.05, 3.63) is 59.7 Å². The van der Waals surface area contributed by atoms with E-state index in [2.05, 4.69) is 0 Å². The smallest absolute Gasteiger partial charge is 0.400 e. The Morgan fingerprint density at radius 2 is 1.55 bits per heavy atom. The van der Waals surface area contributed by atoms with Gasteiger partial charge in [-0.05, 0) is 92.8 Å². The van der Waals surface area contributed by atoms with Gasteiger partial charge in [-0.15, -0.1) is 0 Å². The van der Waals surface area contributed by atoms with Crippen LogP contribution in [0.4, 0.5) is 33.3 Å². The minimum atomic E-state index is -4.36. The van der Waals surface area contributed by atoms with E-state index in [4.69, 9.17) is 20.9 Å². The average molecular weight is 541 g/mol. The van der Waals surface area contributed by atoms with Gasteiger partial charge in [-0.3, -0.25) is 0 Å². The highest BCUT2D eigenvalue weighted by Crippen LogP contribution is 2.44. The number of esters is 1. The second-order valence-corrected chi connectivity index (χ2v) is 9.59. The maximum absolute atomic E-state index is 14.5. The van der Waals surface area contributed by atoms with Crippen LogP contribution in [0.5, 0.6) is 5.75 Å². The van der Waals surface area contributed by atoms with Crippen LogP contribution in [-0.4, -0.2) is 24.9 Å². The maximum atomic E-state index is 14.5. The van der Waals surface area contributed by atoms with Crippen LogP contribution >= 0.6 is 0 Å². The van der Waals surface area contributed by atoms with Gasteiger partial charge in [0.2, 0.25) is 0 Å². The molecule has 38 heavy (non-hydrogen) atoms. The van der Waals surface area contributed by atoms with Crippen LogP contribution in [-0.2, 0) is 16.0 Å². The Morgan fingerprint density at radius 1 is 0.895 bits per heavy atom. The first kappa shape index (κ1) is 29.3. The fraction of sp³-hybridized carbons (Fsp3) is 0.464. The molecule has 1 aliphatic rings. The van der Waals surface area contributed by atoms with Crippen LogP contribution in [0.25, 0.3) is 6.08 Å². The van der Waals surface area contributed by atoms with Gasteiger partial charge in [-0.2, -0.15) is 22.0 Å². The molecule has 0 radical (unpaired) electrons. The van der Waals surface area contributed by atoms with E-state index in [-0.39, 0.29) is 38.0 Å². The molecule has 0 aromatic heterocycles. The van der Waals surface area contributed by atoms with Crippen LogP contribution in [0, 0.1) is 11.8 Å². The van der Waals surface area contributed by atoms with E-state index in [0.717, 1.165) is 24.8 Å². The van der Waals surface area contributed by atoms with Crippen LogP contribution in [0.3, 0.4) is 0 Å². The first-order valence-corrected chi connectivity index (χ1v) is 12.7. The second-order valence-electron chi connectivity index (χ2n) is 9.59. The number of carbonyl (C=O) groups is 1. The molecule has 3 rings (SSSR count). The van der Waals surface area contributed by atoms with Crippen LogP contribution in [0.2, 0.25) is 0 Å². The lowest BCUT2D eigenvalue weighted by Crippen LogP contribution is -2.39. The molecule has 10 heteroatoms. The third kappa shape index (κ3) is 8.92. The molecule has 0 saturated heterocycles. The molecule has 0 heterocycles. The fourth-order valence-corrected chi connectivity index (χ4v) is 4.46. The molecule has 0 spiro atoms. The highest BCUT2D eigenvalue weighted by atomic mass is 19.4. The number of nitrogens with two attached hydrogens (primary N) is 2. The monoisotopic (exact) mass is 540 g/mol. The maximum Gasteiger partial charge on any atom is 0.400 e. The minimum absolute atomic E-state index is 0.103. The van der Waals surface area contributed by atoms with E-state index in [1.54, 1.807) is 6.07 Å². The number of nitrogen functional groups attached to an aromatic ring is 2. The number of halogens is 5. The standard InChI is InChI=1S/C28H33F5N2O3/c29-27(30,31)21-9-11-22(12-10-21)28(32,33)38-24-14-5-19(6-15-24)7-16-26(36)37-17-3-1-2-4-20-8-13-23(34)18-25(20)35/h5-8,13-16,18,21-22H,1-4,9-12,17,34-35H2/b16-7+. The molecule has 0 unspecified atom stereocenters. The molecule has 208 valence electrons. The first-order valence-electron chi connectivity index (χ1n) is 12.7. The molecule has 5 nitrogen and oxygen atoms in total. The number of hydrogen-bond donors (Lipinski definition) is 2. The zero-order valence-corrected chi connectivity index (χ0v) is 21.0. The minimum Gasteiger partial charge on any atom is -0.463 e. The molecule has 1 saturated carbocycles. The van der Waals surface area contributed by atoms with E-state index >= 15 is 0 Å². The number of anilines is 2. The van der Waals surface area contributed by atoms with E-state index in [1.807, 2.05) is 12.1 Å². The number of hydrogen-bond acceptors (Lipinski definition) is 5. The van der Waals surface area contributed by atoms with E-state index in [1.165, 1.54) is 36.4 Å². The normalized spacial score (nSPS) is 18.4. The van der Waals surface area contributed by atoms with Gasteiger partial charge >= 0.3 is 18.3 Å². The number of alkyl halides is 5. The van der Waals surface area contributed by atoms with Crippen molar-refractivity contribution < 1.29 is 36.2 Å². The number of rotatable bonds is 11. The third-order valence-corrected chi connectivity index (χ3v) is 6.72. The first-order chi connectivity index (χ1) is 17.9. The van der Waals surface area contributed by atoms with Gasteiger partial charge in [0.25, 0.3) is 0 Å². The van der Waals surface area contributed by atoms with E-state index in [0.29, 0.717) is 23.4 Å². The number of carbonyl (C=O) groups excluding carboxylic acids is 1. The Balaban J connectivity index is 1.35. The molecule has 1 fully saturated rings. The summed E-state index contributed by atoms with van der Waals surface area (Å²) in [5.74, 6) is -3.43. The van der Waals surface area contributed by atoms with Gasteiger partial charge in [0.05, 0.1) is 18.4 Å². The fourth-order valence-electron chi connectivity index (χ4n) is 4.46. The Labute approximate surface area is 219 Å². The largest absolute Gasteiger partial charge is 0.463 e. The van der Waals surface area contributed by atoms with Crippen molar-refractivity contribution in [1.82, 2.24) is 0 Å². The summed E-state index contributed by atoms with van der Waals surface area (Å²) in [4.78, 5) is 11.9. The number of benzene rings is 2. The van der Waals surface area contributed by atoms with Crippen LogP contribution in [0.15, 0.2) is 48.5 Å². The summed E-state index contributed by atoms with van der Waals surface area (Å²) in [7, 11) is 0. The number of ether oxygens (including phenoxy) is 2. The lowest BCUT2D eigenvalue weighted by atomic mass is 9.81. The summed E-state index contributed by atoms with van der Waals surface area (Å²) in [6.07, 6.45) is -3.08. The number of unbranched alkanes of at least 4 members (excludes halogenated alkanes) is 2. The molecular weight excluding hydrogens is 507 g/mol. The van der Waals surface area contributed by atoms with Crippen molar-refractivity contribution in [2.75, 3.05) is 18.1 Å². The second kappa shape index (κ2) is 13.0. The molecule has 0 atom stereocenters. The highest BCUT2D eigenvalue weighted by molar-refractivity contribution is 5.87. The molecule has 2 aromatic rings. The van der Waals surface area contributed by atoms with Crippen molar-refractivity contribution in [2.24, 2.45) is 11.8 Å². The quantitative estimate of drug-likeness (QED) is 0.104. The lowest BCUT2D eigenvalue weighted by Gasteiger charge is -2.33. The molecule has 0 amide bonds. The zero-order valence-electron chi connectivity index (χ0n) is 21.0. The summed E-state index contributed by atoms with van der Waals surface area (Å²) in [6.45, 7) is 0.271. The van der Waals surface area contributed by atoms with Crippen LogP contribution < -0.4 is 16.2 Å². The Kier molecular flexibility index (Phi) is 9.99. The van der Waals surface area contributed by atoms with Gasteiger partial charge < -0.3 is 20.9 Å². The third-order valence-electron chi connectivity index (χ3n) is 6.72. The summed E-state index contributed by atoms with van der Waals surface area (Å²) in [5.41, 5.74) is 14.5. The Bertz CT molecular complexity index is 1080. The molecule has 1 aliphatic carbocycles. The predicted octanol–water partition coefficient (Wildman–Crippen LogP) is 7.16. The SMILES string of the molecule is Nc1ccc(CCCCCOC(=O)/C=C/c2ccc(OC(F)(F)C3CCC(C(F)(F)F)CC3)cc2)c(N)c1. The molecule has 4 N–H and O–H groups in total. The summed E-state index contributed by atoms with van der Waals surface area (Å²) in [5, 5.41) is 0. The predicted molar refractivity (Wildman–Crippen MR) is 136 cm³/mol. The Morgan fingerprint density at radius 3 is 2.18 bits per heavy atom. The Hall–Kier alpha value is -3.30. The average Bonchev–Trinajstić information content (AvgIpc) is 2.86. The molecule has 2 aromatic carbocycles.